The average Bonchev–Trinajstić information content (AvgIpc) is 1.05. The lowest BCUT2D eigenvalue weighted by Crippen LogP contribution is -2.41. The highest BCUT2D eigenvalue weighted by molar-refractivity contribution is 6.64. The van der Waals surface area contributed by atoms with Crippen molar-refractivity contribution in [2.75, 3.05) is 0 Å². The summed E-state index contributed by atoms with van der Waals surface area (Å²) in [6, 6.07) is 123. The molecule has 0 amide bonds. The quantitative estimate of drug-likeness (QED) is 0.0903. The fourth-order valence-electron chi connectivity index (χ4n) is 15.3. The van der Waals surface area contributed by atoms with Crippen molar-refractivity contribution in [3.05, 3.63) is 375 Å². The van der Waals surface area contributed by atoms with Gasteiger partial charge in [0.2, 0.25) is 0 Å². The lowest BCUT2D eigenvalue weighted by molar-refractivity contribution is 0.00578. The zero-order chi connectivity index (χ0) is 73.5. The van der Waals surface area contributed by atoms with E-state index < -0.39 is 18.3 Å². The van der Waals surface area contributed by atoms with Gasteiger partial charge >= 0.3 is 7.12 Å². The van der Waals surface area contributed by atoms with E-state index in [0.29, 0.717) is 0 Å². The van der Waals surface area contributed by atoms with E-state index >= 15 is 0 Å². The van der Waals surface area contributed by atoms with Crippen LogP contribution in [0.4, 0.5) is 0 Å². The molecular weight excluding hydrogens is 1310 g/mol. The van der Waals surface area contributed by atoms with E-state index in [0.717, 1.165) is 178 Å². The molecule has 518 valence electrons. The number of nitrogens with zero attached hydrogens (tertiary/aromatic N) is 3. The minimum Gasteiger partial charge on any atom is -0.399 e. The Bertz CT molecular complexity index is 5730. The van der Waals surface area contributed by atoms with Crippen LogP contribution < -0.4 is 5.46 Å². The first kappa shape index (κ1) is 68.4. The minimum absolute atomic E-state index is 0.634. The van der Waals surface area contributed by atoms with Gasteiger partial charge in [0, 0.05) is 46.4 Å². The Balaban J connectivity index is 0.884. The van der Waals surface area contributed by atoms with Crippen molar-refractivity contribution in [3.63, 3.8) is 0 Å². The van der Waals surface area contributed by atoms with Gasteiger partial charge in [-0.3, -0.25) is 15.0 Å². The minimum atomic E-state index is -0.721. The first-order chi connectivity index (χ1) is 52.7. The van der Waals surface area contributed by atoms with Crippen molar-refractivity contribution < 1.29 is 9.31 Å². The SMILES string of the molecule is Cc1cc(-c2ccc(-c3cc(-c4ccccc4)ccc3-c3cc(-c4ccc(-c5ccccc5)cc4-c4ccc(-c5cc(C)c(-c6ccccc6)cn5)cc4)cc(-c4ccc(-c5ccccc5)cc4-c4ccc(-c5cc(C)c(-c6ccccc6)cn5)cc4B4OC(C)(C)C(C)(C)O4)c3)cc2)ncc1-c1ccccc1. The molecular formula is C102H80BN3O2. The van der Waals surface area contributed by atoms with Gasteiger partial charge in [-0.15, -0.1) is 0 Å². The Morgan fingerprint density at radius 2 is 0.463 bits per heavy atom. The van der Waals surface area contributed by atoms with Gasteiger partial charge < -0.3 is 9.31 Å². The standard InChI is InChI=1S/C102H80BN3O2/c1-67-54-98(104-64-94(67)73-32-20-11-21-33-73)78-42-38-76(39-43-78)91-60-80(70-26-14-8-15-27-70)46-50-87(91)84-57-85(88-51-47-81(71-28-16-9-17-29-71)61-92(88)77-40-44-79(45-41-77)99-55-68(2)95(65-105-99)74-34-22-12-23-35-74)59-86(58-84)89-52-48-82(72-30-18-10-19-31-72)62-93(89)90-53-49-83(63-97(90)103-107-101(4,5)102(6,7)108-103)100-56-69(3)96(66-106-100)75-36-24-13-25-37-75/h8-66H,1-7H3. The van der Waals surface area contributed by atoms with Crippen LogP contribution >= 0.6 is 0 Å². The molecule has 0 unspecified atom stereocenters. The summed E-state index contributed by atoms with van der Waals surface area (Å²) in [4.78, 5) is 15.3. The third kappa shape index (κ3) is 13.6. The zero-order valence-corrected chi connectivity index (χ0v) is 61.8. The summed E-state index contributed by atoms with van der Waals surface area (Å²) in [7, 11) is -0.721. The van der Waals surface area contributed by atoms with Crippen LogP contribution in [0.5, 0.6) is 0 Å². The van der Waals surface area contributed by atoms with Crippen molar-refractivity contribution in [1.29, 1.82) is 0 Å². The normalized spacial score (nSPS) is 13.0. The summed E-state index contributed by atoms with van der Waals surface area (Å²) in [6.45, 7) is 15.1. The second-order valence-electron chi connectivity index (χ2n) is 29.5. The molecule has 0 N–H and O–H groups in total. The molecule has 17 rings (SSSR count). The third-order valence-corrected chi connectivity index (χ3v) is 22.0. The highest BCUT2D eigenvalue weighted by Crippen LogP contribution is 2.47. The Morgan fingerprint density at radius 1 is 0.204 bits per heavy atom. The molecule has 0 atom stereocenters. The molecule has 0 saturated carbocycles. The Morgan fingerprint density at radius 3 is 0.796 bits per heavy atom. The van der Waals surface area contributed by atoms with Gasteiger partial charge in [0.05, 0.1) is 28.3 Å². The van der Waals surface area contributed by atoms with E-state index in [2.05, 4.69) is 388 Å². The Kier molecular flexibility index (Phi) is 18.4. The molecule has 1 fully saturated rings. The summed E-state index contributed by atoms with van der Waals surface area (Å²) in [6.07, 6.45) is 6.03. The van der Waals surface area contributed by atoms with Crippen molar-refractivity contribution in [3.8, 4) is 167 Å². The number of aromatic nitrogens is 3. The highest BCUT2D eigenvalue weighted by Gasteiger charge is 2.52. The molecule has 1 aliphatic rings. The molecule has 13 aromatic carbocycles. The van der Waals surface area contributed by atoms with Crippen molar-refractivity contribution in [2.24, 2.45) is 0 Å². The smallest absolute Gasteiger partial charge is 0.399 e. The second kappa shape index (κ2) is 29.0. The Labute approximate surface area is 634 Å². The van der Waals surface area contributed by atoms with E-state index in [4.69, 9.17) is 24.3 Å². The monoisotopic (exact) mass is 1390 g/mol. The second-order valence-corrected chi connectivity index (χ2v) is 29.5. The van der Waals surface area contributed by atoms with Gasteiger partial charge in [-0.1, -0.05) is 285 Å². The predicted molar refractivity (Wildman–Crippen MR) is 451 cm³/mol. The van der Waals surface area contributed by atoms with Crippen LogP contribution in [-0.2, 0) is 9.31 Å². The summed E-state index contributed by atoms with van der Waals surface area (Å²) in [5.41, 5.74) is 35.2. The molecule has 6 heteroatoms. The first-order valence-corrected chi connectivity index (χ1v) is 37.3. The summed E-state index contributed by atoms with van der Waals surface area (Å²) < 4.78 is 14.4. The number of hydrogen-bond acceptors (Lipinski definition) is 5. The molecule has 1 aliphatic heterocycles. The van der Waals surface area contributed by atoms with Crippen LogP contribution in [0.1, 0.15) is 44.4 Å². The van der Waals surface area contributed by atoms with E-state index in [9.17, 15) is 0 Å². The van der Waals surface area contributed by atoms with Crippen LogP contribution in [0.25, 0.3) is 167 Å². The molecule has 4 heterocycles. The number of pyridine rings is 3. The molecule has 0 radical (unpaired) electrons. The fraction of sp³-hybridized carbons (Fsp3) is 0.0882. The maximum Gasteiger partial charge on any atom is 0.495 e. The number of rotatable bonds is 16. The average molecular weight is 1390 g/mol. The van der Waals surface area contributed by atoms with E-state index in [1.807, 2.05) is 18.6 Å². The van der Waals surface area contributed by atoms with E-state index in [-0.39, 0.29) is 0 Å². The molecule has 16 aromatic rings. The van der Waals surface area contributed by atoms with Gasteiger partial charge in [-0.25, -0.2) is 0 Å². The topological polar surface area (TPSA) is 57.1 Å². The maximum atomic E-state index is 7.18. The van der Waals surface area contributed by atoms with Gasteiger partial charge in [0.25, 0.3) is 0 Å². The number of hydrogen-bond donors (Lipinski definition) is 0. The molecule has 0 bridgehead atoms. The summed E-state index contributed by atoms with van der Waals surface area (Å²) in [5.74, 6) is 0. The van der Waals surface area contributed by atoms with Gasteiger partial charge in [0.15, 0.2) is 0 Å². The first-order valence-electron chi connectivity index (χ1n) is 37.3. The highest BCUT2D eigenvalue weighted by atomic mass is 16.7. The molecule has 108 heavy (non-hydrogen) atoms. The van der Waals surface area contributed by atoms with Crippen molar-refractivity contribution in [1.82, 2.24) is 15.0 Å². The number of aryl methyl sites for hydroxylation is 3. The van der Waals surface area contributed by atoms with Crippen LogP contribution in [0.15, 0.2) is 358 Å². The zero-order valence-electron chi connectivity index (χ0n) is 61.8. The van der Waals surface area contributed by atoms with Crippen molar-refractivity contribution >= 4 is 12.6 Å². The molecule has 3 aromatic heterocycles. The maximum absolute atomic E-state index is 7.18. The fourth-order valence-corrected chi connectivity index (χ4v) is 15.3. The van der Waals surface area contributed by atoms with Crippen LogP contribution in [0.3, 0.4) is 0 Å². The molecule has 0 spiro atoms. The van der Waals surface area contributed by atoms with Crippen LogP contribution in [0, 0.1) is 20.8 Å². The van der Waals surface area contributed by atoms with Crippen LogP contribution in [0.2, 0.25) is 0 Å². The third-order valence-electron chi connectivity index (χ3n) is 22.0. The van der Waals surface area contributed by atoms with Gasteiger partial charge in [-0.05, 0) is 248 Å². The predicted octanol–water partition coefficient (Wildman–Crippen LogP) is 26.1. The molecule has 1 saturated heterocycles. The Hall–Kier alpha value is -12.7. The van der Waals surface area contributed by atoms with Gasteiger partial charge in [0.1, 0.15) is 0 Å². The van der Waals surface area contributed by atoms with Gasteiger partial charge in [-0.2, -0.15) is 0 Å². The lowest BCUT2D eigenvalue weighted by atomic mass is 9.72. The number of benzene rings is 13. The van der Waals surface area contributed by atoms with Crippen LogP contribution in [-0.4, -0.2) is 33.3 Å². The molecule has 0 aliphatic carbocycles. The summed E-state index contributed by atoms with van der Waals surface area (Å²) >= 11 is 0. The van der Waals surface area contributed by atoms with Crippen molar-refractivity contribution in [2.45, 2.75) is 59.7 Å². The largest absolute Gasteiger partial charge is 0.495 e. The summed E-state index contributed by atoms with van der Waals surface area (Å²) in [5, 5.41) is 0. The van der Waals surface area contributed by atoms with E-state index in [1.165, 1.54) is 11.1 Å². The molecule has 5 nitrogen and oxygen atoms in total. The lowest BCUT2D eigenvalue weighted by Gasteiger charge is -2.32. The van der Waals surface area contributed by atoms with E-state index in [1.54, 1.807) is 0 Å².